The highest BCUT2D eigenvalue weighted by molar-refractivity contribution is 5.94. The van der Waals surface area contributed by atoms with Crippen molar-refractivity contribution in [3.8, 4) is 5.75 Å². The minimum Gasteiger partial charge on any atom is -0.482 e. The SMILES string of the molecule is CC(=O)c1ccc(OCC(=O)OCC(=O)Nc2ccccc2Cc2ccccc2)cc1. The van der Waals surface area contributed by atoms with Gasteiger partial charge in [0.15, 0.2) is 19.0 Å². The van der Waals surface area contributed by atoms with Gasteiger partial charge in [0.25, 0.3) is 5.91 Å². The first-order chi connectivity index (χ1) is 15.0. The average Bonchev–Trinajstić information content (AvgIpc) is 2.78. The van der Waals surface area contributed by atoms with Gasteiger partial charge in [0.05, 0.1) is 0 Å². The molecule has 0 aliphatic carbocycles. The topological polar surface area (TPSA) is 81.7 Å². The summed E-state index contributed by atoms with van der Waals surface area (Å²) < 4.78 is 10.3. The van der Waals surface area contributed by atoms with Crippen molar-refractivity contribution in [3.63, 3.8) is 0 Å². The van der Waals surface area contributed by atoms with E-state index < -0.39 is 18.5 Å². The van der Waals surface area contributed by atoms with Crippen molar-refractivity contribution in [1.82, 2.24) is 0 Å². The van der Waals surface area contributed by atoms with Crippen molar-refractivity contribution in [2.75, 3.05) is 18.5 Å². The molecule has 3 aromatic rings. The third kappa shape index (κ3) is 6.82. The van der Waals surface area contributed by atoms with Gasteiger partial charge in [-0.2, -0.15) is 0 Å². The molecule has 0 atom stereocenters. The second-order valence-corrected chi connectivity index (χ2v) is 6.90. The summed E-state index contributed by atoms with van der Waals surface area (Å²) in [6.07, 6.45) is 0.674. The van der Waals surface area contributed by atoms with Crippen molar-refractivity contribution in [2.45, 2.75) is 13.3 Å². The number of Topliss-reactive ketones (excluding diaryl/α,β-unsaturated/α-hetero) is 1. The lowest BCUT2D eigenvalue weighted by molar-refractivity contribution is -0.149. The maximum atomic E-state index is 12.2. The normalized spacial score (nSPS) is 10.2. The molecule has 31 heavy (non-hydrogen) atoms. The maximum absolute atomic E-state index is 12.2. The van der Waals surface area contributed by atoms with E-state index in [0.29, 0.717) is 23.4 Å². The third-order valence-electron chi connectivity index (χ3n) is 4.51. The van der Waals surface area contributed by atoms with E-state index in [2.05, 4.69) is 5.32 Å². The Morgan fingerprint density at radius 1 is 0.806 bits per heavy atom. The number of benzene rings is 3. The van der Waals surface area contributed by atoms with Crippen LogP contribution >= 0.6 is 0 Å². The van der Waals surface area contributed by atoms with Crippen LogP contribution in [0.3, 0.4) is 0 Å². The van der Waals surface area contributed by atoms with Crippen LogP contribution < -0.4 is 10.1 Å². The van der Waals surface area contributed by atoms with Gasteiger partial charge in [-0.3, -0.25) is 9.59 Å². The first kappa shape index (κ1) is 21.8. The number of rotatable bonds is 9. The number of ether oxygens (including phenoxy) is 2. The molecular weight excluding hydrogens is 394 g/mol. The van der Waals surface area contributed by atoms with Crippen LogP contribution in [0.5, 0.6) is 5.75 Å². The molecule has 0 saturated carbocycles. The molecule has 0 aliphatic rings. The first-order valence-electron chi connectivity index (χ1n) is 9.82. The monoisotopic (exact) mass is 417 g/mol. The summed E-state index contributed by atoms with van der Waals surface area (Å²) in [5.74, 6) is -0.716. The minimum absolute atomic E-state index is 0.0534. The Morgan fingerprint density at radius 2 is 1.48 bits per heavy atom. The van der Waals surface area contributed by atoms with E-state index in [9.17, 15) is 14.4 Å². The fourth-order valence-corrected chi connectivity index (χ4v) is 2.91. The number of hydrogen-bond acceptors (Lipinski definition) is 5. The van der Waals surface area contributed by atoms with Gasteiger partial charge in [0, 0.05) is 11.3 Å². The van der Waals surface area contributed by atoms with Crippen LogP contribution in [0.4, 0.5) is 5.69 Å². The summed E-state index contributed by atoms with van der Waals surface area (Å²) in [5.41, 5.74) is 3.32. The van der Waals surface area contributed by atoms with E-state index in [4.69, 9.17) is 9.47 Å². The second kappa shape index (κ2) is 10.7. The van der Waals surface area contributed by atoms with Crippen LogP contribution in [0.15, 0.2) is 78.9 Å². The summed E-state index contributed by atoms with van der Waals surface area (Å²) in [6, 6.07) is 23.9. The molecule has 3 aromatic carbocycles. The molecule has 0 fully saturated rings. The highest BCUT2D eigenvalue weighted by Crippen LogP contribution is 2.19. The van der Waals surface area contributed by atoms with Crippen molar-refractivity contribution in [3.05, 3.63) is 95.6 Å². The molecule has 158 valence electrons. The number of ketones is 1. The quantitative estimate of drug-likeness (QED) is 0.420. The van der Waals surface area contributed by atoms with Crippen molar-refractivity contribution in [1.29, 1.82) is 0 Å². The molecule has 6 heteroatoms. The zero-order valence-corrected chi connectivity index (χ0v) is 17.2. The number of esters is 1. The molecular formula is C25H23NO5. The number of para-hydroxylation sites is 1. The van der Waals surface area contributed by atoms with Gasteiger partial charge in [0.1, 0.15) is 5.75 Å². The molecule has 0 spiro atoms. The van der Waals surface area contributed by atoms with Gasteiger partial charge >= 0.3 is 5.97 Å². The molecule has 0 heterocycles. The molecule has 6 nitrogen and oxygen atoms in total. The summed E-state index contributed by atoms with van der Waals surface area (Å²) in [6.45, 7) is 0.723. The number of hydrogen-bond donors (Lipinski definition) is 1. The Balaban J connectivity index is 1.47. The number of amides is 1. The summed E-state index contributed by atoms with van der Waals surface area (Å²) >= 11 is 0. The highest BCUT2D eigenvalue weighted by Gasteiger charge is 2.11. The highest BCUT2D eigenvalue weighted by atomic mass is 16.6. The van der Waals surface area contributed by atoms with Crippen LogP contribution in [0.1, 0.15) is 28.4 Å². The van der Waals surface area contributed by atoms with Crippen molar-refractivity contribution >= 4 is 23.3 Å². The molecule has 3 rings (SSSR count). The largest absolute Gasteiger partial charge is 0.482 e. The molecule has 0 aromatic heterocycles. The Kier molecular flexibility index (Phi) is 7.54. The fourth-order valence-electron chi connectivity index (χ4n) is 2.91. The number of anilines is 1. The number of nitrogens with one attached hydrogen (secondary N) is 1. The van der Waals surface area contributed by atoms with Crippen molar-refractivity contribution in [2.24, 2.45) is 0 Å². The molecule has 0 bridgehead atoms. The van der Waals surface area contributed by atoms with Gasteiger partial charge in [0.2, 0.25) is 0 Å². The van der Waals surface area contributed by atoms with Crippen LogP contribution in [0.25, 0.3) is 0 Å². The van der Waals surface area contributed by atoms with Gasteiger partial charge in [-0.1, -0.05) is 48.5 Å². The standard InChI is InChI=1S/C25H23NO5/c1-18(27)20-11-13-22(14-12-20)30-17-25(29)31-16-24(28)26-23-10-6-5-9-21(23)15-19-7-3-2-4-8-19/h2-14H,15-17H2,1H3,(H,26,28). The number of carbonyl (C=O) groups is 3. The fraction of sp³-hybridized carbons (Fsp3) is 0.160. The average molecular weight is 417 g/mol. The Bertz CT molecular complexity index is 1050. The Labute approximate surface area is 180 Å². The van der Waals surface area contributed by atoms with Gasteiger partial charge in [-0.25, -0.2) is 4.79 Å². The van der Waals surface area contributed by atoms with E-state index in [1.807, 2.05) is 54.6 Å². The van der Waals surface area contributed by atoms with E-state index in [0.717, 1.165) is 11.1 Å². The molecule has 0 unspecified atom stereocenters. The molecule has 0 saturated heterocycles. The lowest BCUT2D eigenvalue weighted by Gasteiger charge is -2.12. The Morgan fingerprint density at radius 3 is 2.19 bits per heavy atom. The zero-order chi connectivity index (χ0) is 22.1. The van der Waals surface area contributed by atoms with Crippen molar-refractivity contribution < 1.29 is 23.9 Å². The van der Waals surface area contributed by atoms with Crippen LogP contribution in [0, 0.1) is 0 Å². The third-order valence-corrected chi connectivity index (χ3v) is 4.51. The maximum Gasteiger partial charge on any atom is 0.344 e. The molecule has 1 amide bonds. The minimum atomic E-state index is -0.664. The predicted molar refractivity (Wildman–Crippen MR) is 117 cm³/mol. The lowest BCUT2D eigenvalue weighted by atomic mass is 10.0. The number of carbonyl (C=O) groups excluding carboxylic acids is 3. The predicted octanol–water partition coefficient (Wildman–Crippen LogP) is 4.04. The Hall–Kier alpha value is -3.93. The summed E-state index contributed by atoms with van der Waals surface area (Å²) in [7, 11) is 0. The molecule has 0 radical (unpaired) electrons. The van der Waals surface area contributed by atoms with E-state index >= 15 is 0 Å². The summed E-state index contributed by atoms with van der Waals surface area (Å²) in [4.78, 5) is 35.4. The van der Waals surface area contributed by atoms with E-state index in [1.165, 1.54) is 6.92 Å². The van der Waals surface area contributed by atoms with Gasteiger partial charge < -0.3 is 14.8 Å². The molecule has 0 aliphatic heterocycles. The summed E-state index contributed by atoms with van der Waals surface area (Å²) in [5, 5.41) is 2.79. The second-order valence-electron chi connectivity index (χ2n) is 6.90. The van der Waals surface area contributed by atoms with E-state index in [-0.39, 0.29) is 12.4 Å². The molecule has 1 N–H and O–H groups in total. The zero-order valence-electron chi connectivity index (χ0n) is 17.2. The van der Waals surface area contributed by atoms with Crippen LogP contribution in [-0.4, -0.2) is 30.9 Å². The lowest BCUT2D eigenvalue weighted by Crippen LogP contribution is -2.24. The first-order valence-corrected chi connectivity index (χ1v) is 9.82. The van der Waals surface area contributed by atoms with Crippen LogP contribution in [-0.2, 0) is 20.7 Å². The van der Waals surface area contributed by atoms with Gasteiger partial charge in [-0.15, -0.1) is 0 Å². The van der Waals surface area contributed by atoms with E-state index in [1.54, 1.807) is 24.3 Å². The smallest absolute Gasteiger partial charge is 0.344 e. The van der Waals surface area contributed by atoms with Gasteiger partial charge in [-0.05, 0) is 54.8 Å². The van der Waals surface area contributed by atoms with Crippen LogP contribution in [0.2, 0.25) is 0 Å².